The Labute approximate surface area is 158 Å². The van der Waals surface area contributed by atoms with E-state index in [4.69, 9.17) is 9.47 Å². The normalized spacial score (nSPS) is 10.9. The molecule has 0 spiro atoms. The molecule has 0 aliphatic rings. The van der Waals surface area contributed by atoms with Crippen LogP contribution in [0.25, 0.3) is 11.8 Å². The molecule has 138 valence electrons. The Balaban J connectivity index is 1.72. The van der Waals surface area contributed by atoms with Crippen LogP contribution in [0.15, 0.2) is 60.8 Å². The first-order valence-electron chi connectivity index (χ1n) is 8.72. The van der Waals surface area contributed by atoms with Gasteiger partial charge in [-0.05, 0) is 42.3 Å². The molecule has 0 fully saturated rings. The number of allylic oxidation sites excluding steroid dienone is 1. The summed E-state index contributed by atoms with van der Waals surface area (Å²) in [5.41, 5.74) is 1.96. The molecule has 3 aromatic rings. The van der Waals surface area contributed by atoms with Crippen molar-refractivity contribution in [3.8, 4) is 17.2 Å². The number of rotatable bonds is 8. The van der Waals surface area contributed by atoms with Crippen molar-refractivity contribution in [3.05, 3.63) is 72.1 Å². The molecule has 1 heterocycles. The SMILES string of the molecule is CCCOc1ccc(C=CC(=O)c2cn(-c3ccccc3)nn2)cc1OC. The molecule has 0 atom stereocenters. The van der Waals surface area contributed by atoms with Crippen LogP contribution < -0.4 is 9.47 Å². The second kappa shape index (κ2) is 8.80. The zero-order chi connectivity index (χ0) is 19.1. The van der Waals surface area contributed by atoms with E-state index in [9.17, 15) is 4.79 Å². The molecule has 0 saturated carbocycles. The number of para-hydroxylation sites is 1. The molecule has 2 aromatic carbocycles. The van der Waals surface area contributed by atoms with Crippen molar-refractivity contribution >= 4 is 11.9 Å². The van der Waals surface area contributed by atoms with Crippen molar-refractivity contribution in [3.63, 3.8) is 0 Å². The number of ether oxygens (including phenoxy) is 2. The van der Waals surface area contributed by atoms with Gasteiger partial charge in [-0.25, -0.2) is 4.68 Å². The Bertz CT molecular complexity index is 933. The van der Waals surface area contributed by atoms with E-state index >= 15 is 0 Å². The van der Waals surface area contributed by atoms with Gasteiger partial charge < -0.3 is 9.47 Å². The van der Waals surface area contributed by atoms with Crippen LogP contribution in [0.3, 0.4) is 0 Å². The third-order valence-corrected chi connectivity index (χ3v) is 3.84. The predicted molar refractivity (Wildman–Crippen MR) is 104 cm³/mol. The van der Waals surface area contributed by atoms with E-state index in [0.717, 1.165) is 17.7 Å². The monoisotopic (exact) mass is 363 g/mol. The van der Waals surface area contributed by atoms with Crippen LogP contribution in [-0.2, 0) is 0 Å². The first kappa shape index (κ1) is 18.4. The highest BCUT2D eigenvalue weighted by molar-refractivity contribution is 6.05. The van der Waals surface area contributed by atoms with Gasteiger partial charge in [0, 0.05) is 0 Å². The first-order chi connectivity index (χ1) is 13.2. The second-order valence-corrected chi connectivity index (χ2v) is 5.84. The topological polar surface area (TPSA) is 66.2 Å². The van der Waals surface area contributed by atoms with E-state index in [-0.39, 0.29) is 11.5 Å². The maximum atomic E-state index is 12.4. The van der Waals surface area contributed by atoms with Crippen LogP contribution in [0, 0.1) is 0 Å². The lowest BCUT2D eigenvalue weighted by Crippen LogP contribution is -1.98. The number of nitrogens with zero attached hydrogens (tertiary/aromatic N) is 3. The predicted octanol–water partition coefficient (Wildman–Crippen LogP) is 3.96. The highest BCUT2D eigenvalue weighted by Crippen LogP contribution is 2.28. The Morgan fingerprint density at radius 3 is 2.70 bits per heavy atom. The zero-order valence-electron chi connectivity index (χ0n) is 15.3. The number of benzene rings is 2. The van der Waals surface area contributed by atoms with Crippen molar-refractivity contribution in [2.24, 2.45) is 0 Å². The van der Waals surface area contributed by atoms with Gasteiger partial charge >= 0.3 is 0 Å². The minimum atomic E-state index is -0.220. The average molecular weight is 363 g/mol. The lowest BCUT2D eigenvalue weighted by Gasteiger charge is -2.10. The van der Waals surface area contributed by atoms with E-state index in [0.29, 0.717) is 18.1 Å². The summed E-state index contributed by atoms with van der Waals surface area (Å²) in [6.07, 6.45) is 5.73. The molecule has 0 saturated heterocycles. The fraction of sp³-hybridized carbons (Fsp3) is 0.190. The van der Waals surface area contributed by atoms with E-state index in [1.54, 1.807) is 24.1 Å². The van der Waals surface area contributed by atoms with Gasteiger partial charge in [-0.1, -0.05) is 42.5 Å². The Morgan fingerprint density at radius 1 is 1.15 bits per heavy atom. The number of carbonyl (C=O) groups is 1. The Hall–Kier alpha value is -3.41. The minimum Gasteiger partial charge on any atom is -0.493 e. The van der Waals surface area contributed by atoms with E-state index in [1.165, 1.54) is 6.08 Å². The summed E-state index contributed by atoms with van der Waals surface area (Å²) in [6, 6.07) is 15.1. The van der Waals surface area contributed by atoms with E-state index in [1.807, 2.05) is 55.5 Å². The van der Waals surface area contributed by atoms with Gasteiger partial charge in [0.1, 0.15) is 0 Å². The molecule has 1 aromatic heterocycles. The van der Waals surface area contributed by atoms with Crippen LogP contribution >= 0.6 is 0 Å². The molecule has 6 heteroatoms. The van der Waals surface area contributed by atoms with E-state index in [2.05, 4.69) is 10.3 Å². The highest BCUT2D eigenvalue weighted by Gasteiger charge is 2.09. The summed E-state index contributed by atoms with van der Waals surface area (Å²) in [4.78, 5) is 12.4. The van der Waals surface area contributed by atoms with Crippen LogP contribution in [0.5, 0.6) is 11.5 Å². The minimum absolute atomic E-state index is 0.220. The number of aromatic nitrogens is 3. The van der Waals surface area contributed by atoms with Crippen LogP contribution in [0.1, 0.15) is 29.4 Å². The van der Waals surface area contributed by atoms with Gasteiger partial charge in [0.05, 0.1) is 25.6 Å². The molecule has 0 N–H and O–H groups in total. The van der Waals surface area contributed by atoms with E-state index < -0.39 is 0 Å². The van der Waals surface area contributed by atoms with Crippen LogP contribution in [-0.4, -0.2) is 34.5 Å². The van der Waals surface area contributed by atoms with Gasteiger partial charge in [-0.2, -0.15) is 0 Å². The van der Waals surface area contributed by atoms with Crippen molar-refractivity contribution in [1.29, 1.82) is 0 Å². The highest BCUT2D eigenvalue weighted by atomic mass is 16.5. The number of methoxy groups -OCH3 is 1. The molecule has 0 unspecified atom stereocenters. The third kappa shape index (κ3) is 4.61. The van der Waals surface area contributed by atoms with Crippen LogP contribution in [0.4, 0.5) is 0 Å². The lowest BCUT2D eigenvalue weighted by atomic mass is 10.1. The first-order valence-corrected chi connectivity index (χ1v) is 8.72. The van der Waals surface area contributed by atoms with Crippen molar-refractivity contribution in [2.45, 2.75) is 13.3 Å². The smallest absolute Gasteiger partial charge is 0.207 e. The van der Waals surface area contributed by atoms with Crippen molar-refractivity contribution < 1.29 is 14.3 Å². The fourth-order valence-electron chi connectivity index (χ4n) is 2.46. The summed E-state index contributed by atoms with van der Waals surface area (Å²) >= 11 is 0. The third-order valence-electron chi connectivity index (χ3n) is 3.84. The second-order valence-electron chi connectivity index (χ2n) is 5.84. The molecular formula is C21H21N3O3. The molecular weight excluding hydrogens is 342 g/mol. The van der Waals surface area contributed by atoms with Gasteiger partial charge in [-0.3, -0.25) is 4.79 Å². The Kier molecular flexibility index (Phi) is 5.99. The largest absolute Gasteiger partial charge is 0.493 e. The molecule has 27 heavy (non-hydrogen) atoms. The molecule has 0 amide bonds. The molecule has 6 nitrogen and oxygen atoms in total. The Morgan fingerprint density at radius 2 is 1.96 bits per heavy atom. The summed E-state index contributed by atoms with van der Waals surface area (Å²) in [6.45, 7) is 2.67. The van der Waals surface area contributed by atoms with Gasteiger partial charge in [0.15, 0.2) is 17.2 Å². The number of ketones is 1. The molecule has 0 bridgehead atoms. The molecule has 0 radical (unpaired) electrons. The molecule has 0 aliphatic heterocycles. The summed E-state index contributed by atoms with van der Waals surface area (Å²) in [5, 5.41) is 7.96. The maximum Gasteiger partial charge on any atom is 0.207 e. The number of hydrogen-bond acceptors (Lipinski definition) is 5. The average Bonchev–Trinajstić information content (AvgIpc) is 3.21. The van der Waals surface area contributed by atoms with Crippen molar-refractivity contribution in [1.82, 2.24) is 15.0 Å². The van der Waals surface area contributed by atoms with Gasteiger partial charge in [0.25, 0.3) is 0 Å². The zero-order valence-corrected chi connectivity index (χ0v) is 15.3. The fourth-order valence-corrected chi connectivity index (χ4v) is 2.46. The maximum absolute atomic E-state index is 12.4. The standard InChI is InChI=1S/C21H21N3O3/c1-3-13-27-20-12-10-16(14-21(20)26-2)9-11-19(25)18-15-24(23-22-18)17-7-5-4-6-8-17/h4-12,14-15H,3,13H2,1-2H3. The van der Waals surface area contributed by atoms with Gasteiger partial charge in [0.2, 0.25) is 5.78 Å². The number of hydrogen-bond donors (Lipinski definition) is 0. The van der Waals surface area contributed by atoms with Crippen LogP contribution in [0.2, 0.25) is 0 Å². The summed E-state index contributed by atoms with van der Waals surface area (Å²) in [7, 11) is 1.59. The summed E-state index contributed by atoms with van der Waals surface area (Å²) in [5.74, 6) is 1.10. The number of carbonyl (C=O) groups excluding carboxylic acids is 1. The van der Waals surface area contributed by atoms with Gasteiger partial charge in [-0.15, -0.1) is 5.10 Å². The molecule has 3 rings (SSSR count). The van der Waals surface area contributed by atoms with Crippen molar-refractivity contribution in [2.75, 3.05) is 13.7 Å². The molecule has 0 aliphatic carbocycles. The lowest BCUT2D eigenvalue weighted by molar-refractivity contribution is 0.104. The quantitative estimate of drug-likeness (QED) is 0.448. The summed E-state index contributed by atoms with van der Waals surface area (Å²) < 4.78 is 12.6.